The number of alkyl halides is 3. The summed E-state index contributed by atoms with van der Waals surface area (Å²) in [6.07, 6.45) is -1.97. The normalized spacial score (nSPS) is 11.7. The Balaban J connectivity index is 1.54. The fraction of sp³-hybridized carbons (Fsp3) is 0.171. The number of nitrogens with one attached hydrogen (secondary N) is 1. The summed E-state index contributed by atoms with van der Waals surface area (Å²) in [5.74, 6) is -3.27. The monoisotopic (exact) mass is 694 g/mol. The van der Waals surface area contributed by atoms with Gasteiger partial charge in [-0.05, 0) is 82.8 Å². The second-order valence-corrected chi connectivity index (χ2v) is 12.4. The van der Waals surface area contributed by atoms with E-state index in [4.69, 9.17) is 10.9 Å². The molecule has 4 aromatic carbocycles. The molecule has 49 heavy (non-hydrogen) atoms. The Labute approximate surface area is 281 Å². The molecular weight excluding hydrogens is 661 g/mol. The first-order chi connectivity index (χ1) is 23.2. The number of halogens is 3. The molecule has 0 unspecified atom stereocenters. The molecule has 0 aliphatic rings. The number of nitrogens with two attached hydrogens (primary N) is 2. The molecule has 10 nitrogen and oxygen atoms in total. The Morgan fingerprint density at radius 1 is 0.857 bits per heavy atom. The number of nitrogens with zero attached hydrogens (tertiary/aromatic N) is 1. The number of ether oxygens (including phenoxy) is 1. The van der Waals surface area contributed by atoms with Gasteiger partial charge in [0.05, 0.1) is 4.90 Å². The van der Waals surface area contributed by atoms with E-state index >= 15 is 0 Å². The Kier molecular flexibility index (Phi) is 12.1. The summed E-state index contributed by atoms with van der Waals surface area (Å²) in [6.45, 7) is 1.09. The molecule has 4 rings (SSSR count). The van der Waals surface area contributed by atoms with Crippen LogP contribution < -0.4 is 20.9 Å². The molecule has 0 aliphatic carbocycles. The van der Waals surface area contributed by atoms with Crippen LogP contribution in [0.25, 0.3) is 17.2 Å². The highest BCUT2D eigenvalue weighted by Gasteiger charge is 2.41. The number of amides is 2. The zero-order chi connectivity index (χ0) is 35.6. The summed E-state index contributed by atoms with van der Waals surface area (Å²) < 4.78 is 65.1. The molecule has 0 bridgehead atoms. The zero-order valence-corrected chi connectivity index (χ0v) is 26.8. The number of esters is 1. The number of carbonyl (C=O) groups is 3. The van der Waals surface area contributed by atoms with E-state index < -0.39 is 22.2 Å². The molecule has 5 N–H and O–H groups in total. The molecule has 0 saturated carbocycles. The number of hydrogen-bond acceptors (Lipinski definition) is 7. The van der Waals surface area contributed by atoms with Gasteiger partial charge in [0.25, 0.3) is 5.91 Å². The molecule has 2 amide bonds. The highest BCUT2D eigenvalue weighted by atomic mass is 32.2. The molecule has 0 fully saturated rings. The van der Waals surface area contributed by atoms with Gasteiger partial charge < -0.3 is 20.7 Å². The number of primary sulfonamides is 1. The van der Waals surface area contributed by atoms with E-state index in [1.807, 2.05) is 30.3 Å². The summed E-state index contributed by atoms with van der Waals surface area (Å²) in [5, 5.41) is 7.94. The lowest BCUT2D eigenvalue weighted by atomic mass is 10.0. The maximum atomic E-state index is 13.5. The number of hydrogen-bond donors (Lipinski definition) is 3. The van der Waals surface area contributed by atoms with Crippen molar-refractivity contribution in [2.45, 2.75) is 24.0 Å². The van der Waals surface area contributed by atoms with Crippen molar-refractivity contribution in [3.63, 3.8) is 0 Å². The Morgan fingerprint density at radius 2 is 1.51 bits per heavy atom. The molecule has 4 aromatic rings. The van der Waals surface area contributed by atoms with Crippen molar-refractivity contribution in [1.82, 2.24) is 10.2 Å². The van der Waals surface area contributed by atoms with Crippen molar-refractivity contribution >= 4 is 33.9 Å². The molecule has 0 heterocycles. The van der Waals surface area contributed by atoms with Gasteiger partial charge in [0.1, 0.15) is 5.75 Å². The molecule has 0 aromatic heterocycles. The standard InChI is InChI=1S/C35H33F3N4O6S/c36-35(37,38)34(45)48-30-12-7-24(8-13-30)11-16-32(43)42(20-17-25-9-14-31(15-10-25)49(40,46)47)23-26-3-1-4-27(21-26)28-5-2-6-29(22-28)33(44)41-19-18-39/h1-16,21-22H,17-20,23,39H2,(H,41,44)(H2,40,46,47)/b16-11+. The summed E-state index contributed by atoms with van der Waals surface area (Å²) in [5.41, 5.74) is 9.59. The third-order valence-corrected chi connectivity index (χ3v) is 8.09. The fourth-order valence-corrected chi connectivity index (χ4v) is 5.17. The van der Waals surface area contributed by atoms with Gasteiger partial charge in [0.2, 0.25) is 15.9 Å². The van der Waals surface area contributed by atoms with E-state index in [9.17, 15) is 36.0 Å². The van der Waals surface area contributed by atoms with Crippen LogP contribution in [0.3, 0.4) is 0 Å². The van der Waals surface area contributed by atoms with Crippen LogP contribution in [0.5, 0.6) is 5.75 Å². The molecule has 0 aliphatic heterocycles. The van der Waals surface area contributed by atoms with E-state index in [0.717, 1.165) is 22.3 Å². The van der Waals surface area contributed by atoms with Crippen molar-refractivity contribution in [3.05, 3.63) is 125 Å². The van der Waals surface area contributed by atoms with Crippen LogP contribution in [0.15, 0.2) is 108 Å². The second kappa shape index (κ2) is 16.2. The SMILES string of the molecule is NCCNC(=O)c1cccc(-c2cccc(CN(CCc3ccc(S(N)(=O)=O)cc3)C(=O)/C=C/c3ccc(OC(=O)C(F)(F)F)cc3)c2)c1. The highest BCUT2D eigenvalue weighted by Crippen LogP contribution is 2.24. The van der Waals surface area contributed by atoms with Crippen LogP contribution >= 0.6 is 0 Å². The van der Waals surface area contributed by atoms with Crippen LogP contribution in [0.2, 0.25) is 0 Å². The van der Waals surface area contributed by atoms with E-state index in [1.165, 1.54) is 48.6 Å². The summed E-state index contributed by atoms with van der Waals surface area (Å²) in [7, 11) is -3.87. The van der Waals surface area contributed by atoms with Gasteiger partial charge in [-0.2, -0.15) is 13.2 Å². The van der Waals surface area contributed by atoms with E-state index in [2.05, 4.69) is 10.1 Å². The van der Waals surface area contributed by atoms with Crippen LogP contribution in [0, 0.1) is 0 Å². The first-order valence-corrected chi connectivity index (χ1v) is 16.4. The molecule has 0 radical (unpaired) electrons. The largest absolute Gasteiger partial charge is 0.491 e. The van der Waals surface area contributed by atoms with E-state index in [1.54, 1.807) is 35.2 Å². The van der Waals surface area contributed by atoms with Crippen LogP contribution in [0.1, 0.15) is 27.0 Å². The summed E-state index contributed by atoms with van der Waals surface area (Å²) in [6, 6.07) is 25.7. The highest BCUT2D eigenvalue weighted by molar-refractivity contribution is 7.89. The average molecular weight is 695 g/mol. The molecule has 0 saturated heterocycles. The van der Waals surface area contributed by atoms with Gasteiger partial charge in [-0.15, -0.1) is 0 Å². The van der Waals surface area contributed by atoms with Gasteiger partial charge in [0.15, 0.2) is 0 Å². The van der Waals surface area contributed by atoms with Crippen molar-refractivity contribution in [2.24, 2.45) is 10.9 Å². The predicted molar refractivity (Wildman–Crippen MR) is 177 cm³/mol. The lowest BCUT2D eigenvalue weighted by Crippen LogP contribution is -2.31. The van der Waals surface area contributed by atoms with Gasteiger partial charge >= 0.3 is 12.1 Å². The molecule has 256 valence electrons. The first kappa shape index (κ1) is 36.5. The van der Waals surface area contributed by atoms with Crippen molar-refractivity contribution < 1.29 is 40.7 Å². The lowest BCUT2D eigenvalue weighted by Gasteiger charge is -2.22. The maximum Gasteiger partial charge on any atom is 0.491 e. The van der Waals surface area contributed by atoms with Crippen molar-refractivity contribution in [1.29, 1.82) is 0 Å². The topological polar surface area (TPSA) is 162 Å². The van der Waals surface area contributed by atoms with Crippen molar-refractivity contribution in [3.8, 4) is 16.9 Å². The van der Waals surface area contributed by atoms with Crippen LogP contribution in [-0.2, 0) is 32.6 Å². The smallest absolute Gasteiger partial charge is 0.420 e. The lowest BCUT2D eigenvalue weighted by molar-refractivity contribution is -0.189. The Hall–Kier alpha value is -5.31. The minimum atomic E-state index is -5.14. The zero-order valence-electron chi connectivity index (χ0n) is 26.0. The molecule has 14 heteroatoms. The minimum Gasteiger partial charge on any atom is -0.420 e. The van der Waals surface area contributed by atoms with Crippen molar-refractivity contribution in [2.75, 3.05) is 19.6 Å². The molecule has 0 spiro atoms. The third kappa shape index (κ3) is 10.9. The van der Waals surface area contributed by atoms with Gasteiger partial charge in [-0.1, -0.05) is 54.6 Å². The number of carbonyl (C=O) groups excluding carboxylic acids is 3. The molecule has 0 atom stereocenters. The fourth-order valence-electron chi connectivity index (χ4n) is 4.66. The van der Waals surface area contributed by atoms with Gasteiger partial charge in [-0.25, -0.2) is 18.4 Å². The van der Waals surface area contributed by atoms with Gasteiger partial charge in [-0.3, -0.25) is 9.59 Å². The number of sulfonamides is 1. The molecular formula is C35H33F3N4O6S. The minimum absolute atomic E-state index is 0.0379. The van der Waals surface area contributed by atoms with E-state index in [0.29, 0.717) is 30.6 Å². The second-order valence-electron chi connectivity index (χ2n) is 10.8. The predicted octanol–water partition coefficient (Wildman–Crippen LogP) is 4.44. The first-order valence-electron chi connectivity index (χ1n) is 14.9. The summed E-state index contributed by atoms with van der Waals surface area (Å²) >= 11 is 0. The van der Waals surface area contributed by atoms with E-state index in [-0.39, 0.29) is 35.5 Å². The number of benzene rings is 4. The Bertz CT molecular complexity index is 1930. The Morgan fingerprint density at radius 3 is 2.14 bits per heavy atom. The van der Waals surface area contributed by atoms with Crippen LogP contribution in [0.4, 0.5) is 13.2 Å². The third-order valence-electron chi connectivity index (χ3n) is 7.16. The van der Waals surface area contributed by atoms with Crippen LogP contribution in [-0.4, -0.2) is 56.9 Å². The maximum absolute atomic E-state index is 13.5. The quantitative estimate of drug-likeness (QED) is 0.106. The summed E-state index contributed by atoms with van der Waals surface area (Å²) in [4.78, 5) is 38.6. The number of rotatable bonds is 13. The van der Waals surface area contributed by atoms with Gasteiger partial charge in [0, 0.05) is 37.8 Å². The average Bonchev–Trinajstić information content (AvgIpc) is 3.08.